The van der Waals surface area contributed by atoms with Gasteiger partial charge in [0.2, 0.25) is 0 Å². The van der Waals surface area contributed by atoms with Gasteiger partial charge in [0.15, 0.2) is 11.3 Å². The Balaban J connectivity index is 1.54. The summed E-state index contributed by atoms with van der Waals surface area (Å²) in [6, 6.07) is 43.8. The maximum Gasteiger partial charge on any atom is 0.196 e. The average Bonchev–Trinajstić information content (AvgIpc) is 3.49. The predicted molar refractivity (Wildman–Crippen MR) is 173 cm³/mol. The van der Waals surface area contributed by atoms with E-state index in [1.807, 2.05) is 47.5 Å². The van der Waals surface area contributed by atoms with Crippen LogP contribution in [0.25, 0.3) is 11.6 Å². The number of para-hydroxylation sites is 1. The summed E-state index contributed by atoms with van der Waals surface area (Å²) >= 11 is 0. The molecule has 0 saturated heterocycles. The molecule has 2 aliphatic rings. The molecule has 1 spiro atoms. The molecule has 3 heteroatoms. The molecule has 0 fully saturated rings. The van der Waals surface area contributed by atoms with Crippen molar-refractivity contribution in [3.8, 4) is 0 Å². The summed E-state index contributed by atoms with van der Waals surface area (Å²) in [6.07, 6.45) is 2.05. The summed E-state index contributed by atoms with van der Waals surface area (Å²) in [4.78, 5) is 15.3. The van der Waals surface area contributed by atoms with Gasteiger partial charge in [0.05, 0.1) is 17.3 Å². The molecular weight excluding hydrogens is 512 g/mol. The number of rotatable bonds is 4. The smallest absolute Gasteiger partial charge is 0.196 e. The SMILES string of the molecule is Cc1ccc(/C=C2/C(=O)[C@]3(c4ccccc42)[C@H](c2ccc(C)cc2)C(c2ccc(C)cc2)=NN3c2ccccc2)cc1. The first-order chi connectivity index (χ1) is 20.5. The van der Waals surface area contributed by atoms with Gasteiger partial charge in [0.1, 0.15) is 0 Å². The van der Waals surface area contributed by atoms with Crippen molar-refractivity contribution in [1.29, 1.82) is 0 Å². The Morgan fingerprint density at radius 2 is 1.24 bits per heavy atom. The monoisotopic (exact) mass is 544 g/mol. The Kier molecular flexibility index (Phi) is 6.24. The zero-order valence-electron chi connectivity index (χ0n) is 24.1. The van der Waals surface area contributed by atoms with E-state index < -0.39 is 5.54 Å². The van der Waals surface area contributed by atoms with Gasteiger partial charge in [0, 0.05) is 5.57 Å². The highest BCUT2D eigenvalue weighted by Gasteiger charge is 2.63. The van der Waals surface area contributed by atoms with E-state index in [0.29, 0.717) is 5.57 Å². The van der Waals surface area contributed by atoms with Crippen LogP contribution in [0.2, 0.25) is 0 Å². The molecule has 2 atom stereocenters. The van der Waals surface area contributed by atoms with Gasteiger partial charge in [-0.25, -0.2) is 5.01 Å². The Hall–Kier alpha value is -5.02. The second kappa shape index (κ2) is 10.1. The quantitative estimate of drug-likeness (QED) is 0.212. The van der Waals surface area contributed by atoms with E-state index in [1.54, 1.807) is 0 Å². The Morgan fingerprint density at radius 1 is 0.667 bits per heavy atom. The van der Waals surface area contributed by atoms with Crippen molar-refractivity contribution in [2.45, 2.75) is 32.2 Å². The number of anilines is 1. The minimum absolute atomic E-state index is 0.0598. The van der Waals surface area contributed by atoms with Crippen LogP contribution in [0, 0.1) is 20.8 Å². The molecule has 1 aliphatic carbocycles. The van der Waals surface area contributed by atoms with Crippen LogP contribution < -0.4 is 5.01 Å². The Morgan fingerprint density at radius 3 is 1.90 bits per heavy atom. The predicted octanol–water partition coefficient (Wildman–Crippen LogP) is 8.64. The molecule has 0 amide bonds. The number of hydrazone groups is 1. The van der Waals surface area contributed by atoms with Gasteiger partial charge in [-0.05, 0) is 66.8 Å². The van der Waals surface area contributed by atoms with Gasteiger partial charge < -0.3 is 0 Å². The summed E-state index contributed by atoms with van der Waals surface area (Å²) in [5.41, 5.74) is 9.98. The van der Waals surface area contributed by atoms with Crippen LogP contribution in [0.3, 0.4) is 0 Å². The van der Waals surface area contributed by atoms with Crippen molar-refractivity contribution in [3.05, 3.63) is 172 Å². The fourth-order valence-corrected chi connectivity index (χ4v) is 6.47. The van der Waals surface area contributed by atoms with Crippen LogP contribution >= 0.6 is 0 Å². The number of fused-ring (bicyclic) bond motifs is 2. The molecule has 0 unspecified atom stereocenters. The molecule has 0 radical (unpaired) electrons. The van der Waals surface area contributed by atoms with E-state index >= 15 is 4.79 Å². The van der Waals surface area contributed by atoms with Crippen LogP contribution in [0.4, 0.5) is 5.69 Å². The molecule has 42 heavy (non-hydrogen) atoms. The van der Waals surface area contributed by atoms with Crippen molar-refractivity contribution >= 4 is 28.8 Å². The third kappa shape index (κ3) is 4.04. The van der Waals surface area contributed by atoms with E-state index in [2.05, 4.69) is 112 Å². The standard InChI is InChI=1S/C39H32N2O/c1-26-13-19-29(20-14-26)25-34-33-11-7-8-12-35(33)39(38(34)42)36(30-21-15-27(2)16-22-30)37(31-23-17-28(3)18-24-31)40-41(39)32-9-5-4-6-10-32/h4-25,36H,1-3H3/b34-25+/t36-,39+/m1/s1. The second-order valence-corrected chi connectivity index (χ2v) is 11.5. The van der Waals surface area contributed by atoms with Crippen LogP contribution in [0.15, 0.2) is 132 Å². The molecule has 0 N–H and O–H groups in total. The second-order valence-electron chi connectivity index (χ2n) is 11.5. The van der Waals surface area contributed by atoms with Gasteiger partial charge >= 0.3 is 0 Å². The number of benzene rings is 5. The van der Waals surface area contributed by atoms with Crippen LogP contribution in [-0.4, -0.2) is 11.5 Å². The number of hydrogen-bond donors (Lipinski definition) is 0. The molecule has 0 saturated carbocycles. The van der Waals surface area contributed by atoms with Crippen LogP contribution in [-0.2, 0) is 10.3 Å². The fraction of sp³-hybridized carbons (Fsp3) is 0.128. The molecule has 1 aliphatic heterocycles. The number of hydrogen-bond acceptors (Lipinski definition) is 3. The first-order valence-electron chi connectivity index (χ1n) is 14.5. The van der Waals surface area contributed by atoms with E-state index in [0.717, 1.165) is 39.2 Å². The summed E-state index contributed by atoms with van der Waals surface area (Å²) in [6.45, 7) is 6.26. The number of ketones is 1. The lowest BCUT2D eigenvalue weighted by molar-refractivity contribution is -0.118. The fourth-order valence-electron chi connectivity index (χ4n) is 6.47. The first kappa shape index (κ1) is 25.9. The van der Waals surface area contributed by atoms with Crippen molar-refractivity contribution in [2.24, 2.45) is 5.10 Å². The lowest BCUT2D eigenvalue weighted by atomic mass is 9.71. The van der Waals surface area contributed by atoms with E-state index in [9.17, 15) is 0 Å². The largest absolute Gasteiger partial charge is 0.291 e. The van der Waals surface area contributed by atoms with Gasteiger partial charge in [-0.2, -0.15) is 5.10 Å². The highest BCUT2D eigenvalue weighted by atomic mass is 16.1. The van der Waals surface area contributed by atoms with Crippen molar-refractivity contribution in [1.82, 2.24) is 0 Å². The minimum Gasteiger partial charge on any atom is -0.291 e. The highest BCUT2D eigenvalue weighted by molar-refractivity contribution is 6.36. The summed E-state index contributed by atoms with van der Waals surface area (Å²) < 4.78 is 0. The van der Waals surface area contributed by atoms with Crippen molar-refractivity contribution in [3.63, 3.8) is 0 Å². The molecule has 5 aromatic rings. The lowest BCUT2D eigenvalue weighted by Gasteiger charge is -2.38. The number of carbonyl (C=O) groups is 1. The van der Waals surface area contributed by atoms with E-state index in [4.69, 9.17) is 5.10 Å². The molecule has 0 bridgehead atoms. The summed E-state index contributed by atoms with van der Waals surface area (Å²) in [7, 11) is 0. The molecular formula is C39H32N2O. The van der Waals surface area contributed by atoms with Crippen molar-refractivity contribution in [2.75, 3.05) is 5.01 Å². The van der Waals surface area contributed by atoms with Crippen LogP contribution in [0.1, 0.15) is 50.4 Å². The maximum absolute atomic E-state index is 15.3. The number of carbonyl (C=O) groups excluding carboxylic acids is 1. The molecule has 5 aromatic carbocycles. The average molecular weight is 545 g/mol. The van der Waals surface area contributed by atoms with Crippen molar-refractivity contribution < 1.29 is 4.79 Å². The molecule has 7 rings (SSSR count). The Labute approximate surface area is 247 Å². The first-order valence-corrected chi connectivity index (χ1v) is 14.5. The van der Waals surface area contributed by atoms with Gasteiger partial charge in [-0.15, -0.1) is 0 Å². The highest BCUT2D eigenvalue weighted by Crippen LogP contribution is 2.58. The Bertz CT molecular complexity index is 1850. The number of aryl methyl sites for hydroxylation is 3. The molecule has 1 heterocycles. The van der Waals surface area contributed by atoms with E-state index in [1.165, 1.54) is 16.7 Å². The topological polar surface area (TPSA) is 32.7 Å². The summed E-state index contributed by atoms with van der Waals surface area (Å²) in [5.74, 6) is -0.275. The minimum atomic E-state index is -1.09. The van der Waals surface area contributed by atoms with Gasteiger partial charge in [-0.3, -0.25) is 4.79 Å². The molecule has 204 valence electrons. The zero-order valence-corrected chi connectivity index (χ0v) is 24.1. The molecule has 3 nitrogen and oxygen atoms in total. The molecule has 0 aromatic heterocycles. The van der Waals surface area contributed by atoms with E-state index in [-0.39, 0.29) is 11.7 Å². The van der Waals surface area contributed by atoms with Gasteiger partial charge in [0.25, 0.3) is 0 Å². The third-order valence-corrected chi connectivity index (χ3v) is 8.60. The number of Topliss-reactive ketones (excluding diaryl/α,β-unsaturated/α-hetero) is 1. The maximum atomic E-state index is 15.3. The summed E-state index contributed by atoms with van der Waals surface area (Å²) in [5, 5.41) is 7.38. The lowest BCUT2D eigenvalue weighted by Crippen LogP contribution is -2.49. The number of nitrogens with zero attached hydrogens (tertiary/aromatic N) is 2. The normalized spacial score (nSPS) is 20.3. The zero-order chi connectivity index (χ0) is 28.8. The van der Waals surface area contributed by atoms with Crippen LogP contribution in [0.5, 0.6) is 0 Å². The van der Waals surface area contributed by atoms with Gasteiger partial charge in [-0.1, -0.05) is 132 Å². The third-order valence-electron chi connectivity index (χ3n) is 8.60.